The molecule has 5 heteroatoms. The summed E-state index contributed by atoms with van der Waals surface area (Å²) in [7, 11) is 3.08. The van der Waals surface area contributed by atoms with E-state index < -0.39 is 12.0 Å². The van der Waals surface area contributed by atoms with Gasteiger partial charge in [0.1, 0.15) is 0 Å². The van der Waals surface area contributed by atoms with Crippen LogP contribution in [0.3, 0.4) is 0 Å². The van der Waals surface area contributed by atoms with Crippen molar-refractivity contribution in [1.29, 1.82) is 0 Å². The molecule has 0 bridgehead atoms. The summed E-state index contributed by atoms with van der Waals surface area (Å²) < 4.78 is 10.5. The standard InChI is InChI=1S/C23H33NO4/c1-16(12-13-21(24-19(4)25)18(3)23(26)28-6)14-17(2)22(27-5)15-20-10-8-7-9-11-20/h7-14,17-18,21-22H,15H2,1-6H3,(H,24,25)/b13-12+,16-14+/t17-,18-,21?,22-/m0/s1. The third kappa shape index (κ3) is 8.09. The summed E-state index contributed by atoms with van der Waals surface area (Å²) in [5, 5.41) is 2.79. The number of benzene rings is 1. The van der Waals surface area contributed by atoms with Gasteiger partial charge in [0, 0.05) is 20.0 Å². The fraction of sp³-hybridized carbons (Fsp3) is 0.478. The molecule has 154 valence electrons. The van der Waals surface area contributed by atoms with Gasteiger partial charge < -0.3 is 14.8 Å². The highest BCUT2D eigenvalue weighted by molar-refractivity contribution is 5.77. The van der Waals surface area contributed by atoms with E-state index in [1.54, 1.807) is 14.0 Å². The number of rotatable bonds is 10. The second-order valence-electron chi connectivity index (χ2n) is 7.13. The van der Waals surface area contributed by atoms with E-state index in [0.29, 0.717) is 0 Å². The number of hydrogen-bond acceptors (Lipinski definition) is 4. The lowest BCUT2D eigenvalue weighted by atomic mass is 9.95. The van der Waals surface area contributed by atoms with E-state index in [1.165, 1.54) is 19.6 Å². The van der Waals surface area contributed by atoms with Crippen LogP contribution in [0.1, 0.15) is 33.3 Å². The van der Waals surface area contributed by atoms with Crippen LogP contribution in [0.4, 0.5) is 0 Å². The minimum Gasteiger partial charge on any atom is -0.469 e. The molecule has 0 heterocycles. The number of allylic oxidation sites excluding steroid dienone is 2. The van der Waals surface area contributed by atoms with Crippen LogP contribution in [0.15, 0.2) is 54.1 Å². The molecule has 0 radical (unpaired) electrons. The molecule has 28 heavy (non-hydrogen) atoms. The second-order valence-corrected chi connectivity index (χ2v) is 7.13. The van der Waals surface area contributed by atoms with E-state index in [0.717, 1.165) is 12.0 Å². The zero-order valence-electron chi connectivity index (χ0n) is 17.8. The van der Waals surface area contributed by atoms with Gasteiger partial charge in [-0.05, 0) is 25.8 Å². The first-order chi connectivity index (χ1) is 13.3. The zero-order valence-corrected chi connectivity index (χ0v) is 17.8. The van der Waals surface area contributed by atoms with Gasteiger partial charge >= 0.3 is 5.97 Å². The fourth-order valence-electron chi connectivity index (χ4n) is 3.07. The Bertz CT molecular complexity index is 681. The largest absolute Gasteiger partial charge is 0.469 e. The maximum Gasteiger partial charge on any atom is 0.310 e. The molecule has 4 atom stereocenters. The van der Waals surface area contributed by atoms with E-state index in [2.05, 4.69) is 30.4 Å². The van der Waals surface area contributed by atoms with Crippen LogP contribution in [-0.4, -0.2) is 38.2 Å². The maximum absolute atomic E-state index is 11.8. The lowest BCUT2D eigenvalue weighted by Gasteiger charge is -2.21. The normalized spacial score (nSPS) is 16.3. The van der Waals surface area contributed by atoms with E-state index >= 15 is 0 Å². The van der Waals surface area contributed by atoms with Crippen LogP contribution < -0.4 is 5.32 Å². The third-order valence-electron chi connectivity index (χ3n) is 4.74. The number of amides is 1. The average Bonchev–Trinajstić information content (AvgIpc) is 2.68. The van der Waals surface area contributed by atoms with Crippen LogP contribution in [0.25, 0.3) is 0 Å². The van der Waals surface area contributed by atoms with Crippen LogP contribution in [0, 0.1) is 11.8 Å². The first-order valence-corrected chi connectivity index (χ1v) is 9.56. The molecule has 5 nitrogen and oxygen atoms in total. The van der Waals surface area contributed by atoms with Crippen molar-refractivity contribution in [2.75, 3.05) is 14.2 Å². The van der Waals surface area contributed by atoms with Crippen molar-refractivity contribution in [2.45, 2.75) is 46.3 Å². The molecule has 0 saturated carbocycles. The minimum atomic E-state index is -0.472. The molecular formula is C23H33NO4. The Balaban J connectivity index is 2.84. The first kappa shape index (κ1) is 23.6. The summed E-state index contributed by atoms with van der Waals surface area (Å²) >= 11 is 0. The number of carbonyl (C=O) groups excluding carboxylic acids is 2. The van der Waals surface area contributed by atoms with Gasteiger partial charge in [0.2, 0.25) is 5.91 Å². The molecule has 1 N–H and O–H groups in total. The molecule has 0 aliphatic heterocycles. The van der Waals surface area contributed by atoms with Crippen molar-refractivity contribution in [3.05, 3.63) is 59.7 Å². The molecule has 1 amide bonds. The number of methoxy groups -OCH3 is 2. The summed E-state index contributed by atoms with van der Waals surface area (Å²) in [6.07, 6.45) is 6.79. The molecule has 1 aromatic rings. The van der Waals surface area contributed by atoms with E-state index in [9.17, 15) is 9.59 Å². The van der Waals surface area contributed by atoms with Gasteiger partial charge in [0.15, 0.2) is 0 Å². The van der Waals surface area contributed by atoms with Crippen LogP contribution in [0.2, 0.25) is 0 Å². The van der Waals surface area contributed by atoms with E-state index in [1.807, 2.05) is 37.3 Å². The Morgan fingerprint density at radius 1 is 1.11 bits per heavy atom. The lowest BCUT2D eigenvalue weighted by molar-refractivity contribution is -0.145. The summed E-state index contributed by atoms with van der Waals surface area (Å²) in [4.78, 5) is 23.3. The number of hydrogen-bond donors (Lipinski definition) is 1. The molecule has 0 aliphatic carbocycles. The Kier molecular flexibility index (Phi) is 10.2. The molecule has 0 aromatic heterocycles. The Labute approximate surface area is 168 Å². The molecule has 0 aliphatic rings. The number of carbonyl (C=O) groups is 2. The van der Waals surface area contributed by atoms with Gasteiger partial charge in [-0.2, -0.15) is 0 Å². The van der Waals surface area contributed by atoms with Gasteiger partial charge in [0.05, 0.1) is 25.2 Å². The highest BCUT2D eigenvalue weighted by atomic mass is 16.5. The second kappa shape index (κ2) is 12.1. The van der Waals surface area contributed by atoms with Crippen LogP contribution in [-0.2, 0) is 25.5 Å². The van der Waals surface area contributed by atoms with Crippen molar-refractivity contribution in [3.8, 4) is 0 Å². The van der Waals surface area contributed by atoms with Crippen molar-refractivity contribution >= 4 is 11.9 Å². The van der Waals surface area contributed by atoms with Gasteiger partial charge in [-0.15, -0.1) is 0 Å². The molecule has 0 saturated heterocycles. The predicted octanol–water partition coefficient (Wildman–Crippen LogP) is 3.70. The van der Waals surface area contributed by atoms with Crippen LogP contribution in [0.5, 0.6) is 0 Å². The minimum absolute atomic E-state index is 0.0610. The Morgan fingerprint density at radius 3 is 2.29 bits per heavy atom. The Hall–Kier alpha value is -2.40. The van der Waals surface area contributed by atoms with Gasteiger partial charge in [-0.3, -0.25) is 9.59 Å². The summed E-state index contributed by atoms with van der Waals surface area (Å²) in [6, 6.07) is 9.83. The monoisotopic (exact) mass is 387 g/mol. The SMILES string of the molecule is COC(=O)[C@@H](C)C(/C=C/C(C)=C/[C@H](C)[C@H](Cc1ccccc1)OC)NC(C)=O. The fourth-order valence-corrected chi connectivity index (χ4v) is 3.07. The van der Waals surface area contributed by atoms with Gasteiger partial charge in [-0.25, -0.2) is 0 Å². The molecule has 1 aromatic carbocycles. The number of esters is 1. The number of nitrogens with one attached hydrogen (secondary N) is 1. The van der Waals surface area contributed by atoms with Crippen molar-refractivity contribution in [1.82, 2.24) is 5.32 Å². The Morgan fingerprint density at radius 2 is 1.75 bits per heavy atom. The molecule has 0 fully saturated rings. The van der Waals surface area contributed by atoms with Crippen LogP contribution >= 0.6 is 0 Å². The maximum atomic E-state index is 11.8. The first-order valence-electron chi connectivity index (χ1n) is 9.56. The smallest absolute Gasteiger partial charge is 0.310 e. The number of ether oxygens (including phenoxy) is 2. The third-order valence-corrected chi connectivity index (χ3v) is 4.74. The molecule has 1 rings (SSSR count). The van der Waals surface area contributed by atoms with Gasteiger partial charge in [0.25, 0.3) is 0 Å². The average molecular weight is 388 g/mol. The summed E-state index contributed by atoms with van der Waals surface area (Å²) in [6.45, 7) is 7.29. The molecular weight excluding hydrogens is 354 g/mol. The topological polar surface area (TPSA) is 64.6 Å². The van der Waals surface area contributed by atoms with Crippen molar-refractivity contribution < 1.29 is 19.1 Å². The highest BCUT2D eigenvalue weighted by Gasteiger charge is 2.23. The van der Waals surface area contributed by atoms with Gasteiger partial charge in [-0.1, -0.05) is 61.1 Å². The summed E-state index contributed by atoms with van der Waals surface area (Å²) in [5.41, 5.74) is 2.27. The van der Waals surface area contributed by atoms with Crippen molar-refractivity contribution in [2.24, 2.45) is 11.8 Å². The highest BCUT2D eigenvalue weighted by Crippen LogP contribution is 2.17. The zero-order chi connectivity index (χ0) is 21.1. The van der Waals surface area contributed by atoms with Crippen molar-refractivity contribution in [3.63, 3.8) is 0 Å². The lowest BCUT2D eigenvalue weighted by Crippen LogP contribution is -2.40. The quantitative estimate of drug-likeness (QED) is 0.491. The van der Waals surface area contributed by atoms with E-state index in [4.69, 9.17) is 9.47 Å². The predicted molar refractivity (Wildman–Crippen MR) is 112 cm³/mol. The molecule has 1 unspecified atom stereocenters. The molecule has 0 spiro atoms. The summed E-state index contributed by atoms with van der Waals surface area (Å²) in [5.74, 6) is -0.823. The van der Waals surface area contributed by atoms with E-state index in [-0.39, 0.29) is 23.9 Å².